The molecule has 0 aliphatic carbocycles. The fraction of sp³-hybridized carbons (Fsp3) is 0.238. The first-order valence-corrected chi connectivity index (χ1v) is 8.55. The Kier molecular flexibility index (Phi) is 4.83. The lowest BCUT2D eigenvalue weighted by molar-refractivity contribution is 0.0955. The highest BCUT2D eigenvalue weighted by Crippen LogP contribution is 2.38. The monoisotopic (exact) mass is 369 g/mol. The molecule has 0 saturated heterocycles. The summed E-state index contributed by atoms with van der Waals surface area (Å²) in [5.41, 5.74) is 5.44. The second kappa shape index (κ2) is 6.95. The number of nitrogens with one attached hydrogen (secondary N) is 1. The van der Waals surface area contributed by atoms with Gasteiger partial charge in [-0.15, -0.1) is 0 Å². The normalized spacial score (nSPS) is 15.5. The molecular weight excluding hydrogens is 348 g/mol. The van der Waals surface area contributed by atoms with Gasteiger partial charge in [-0.05, 0) is 62.7 Å². The molecular formula is C21H21F2N3O. The van der Waals surface area contributed by atoms with Crippen LogP contribution in [0, 0.1) is 11.6 Å². The van der Waals surface area contributed by atoms with Crippen molar-refractivity contribution in [3.63, 3.8) is 0 Å². The Labute approximate surface area is 157 Å². The fourth-order valence-corrected chi connectivity index (χ4v) is 3.11. The Bertz CT molecular complexity index is 947. The van der Waals surface area contributed by atoms with Crippen LogP contribution < -0.4 is 10.3 Å². The average Bonchev–Trinajstić information content (AvgIpc) is 2.61. The first-order chi connectivity index (χ1) is 12.7. The summed E-state index contributed by atoms with van der Waals surface area (Å²) in [5.74, 6) is -1.35. The van der Waals surface area contributed by atoms with Crippen LogP contribution in [0.4, 0.5) is 14.5 Å². The van der Waals surface area contributed by atoms with Crippen LogP contribution in [0.5, 0.6) is 0 Å². The number of nitrogens with zero attached hydrogens (tertiary/aromatic N) is 2. The van der Waals surface area contributed by atoms with Crippen LogP contribution >= 0.6 is 0 Å². The summed E-state index contributed by atoms with van der Waals surface area (Å²) in [6, 6.07) is 8.28. The molecule has 0 unspecified atom stereocenters. The van der Waals surface area contributed by atoms with E-state index in [0.29, 0.717) is 0 Å². The third kappa shape index (κ3) is 3.74. The van der Waals surface area contributed by atoms with E-state index in [-0.39, 0.29) is 16.7 Å². The Morgan fingerprint density at radius 2 is 1.85 bits per heavy atom. The van der Waals surface area contributed by atoms with Crippen molar-refractivity contribution in [3.05, 3.63) is 70.8 Å². The van der Waals surface area contributed by atoms with E-state index in [1.807, 2.05) is 18.9 Å². The molecule has 1 heterocycles. The van der Waals surface area contributed by atoms with Gasteiger partial charge in [-0.1, -0.05) is 6.08 Å². The summed E-state index contributed by atoms with van der Waals surface area (Å²) < 4.78 is 27.4. The number of hydrazone groups is 1. The zero-order valence-corrected chi connectivity index (χ0v) is 15.7. The van der Waals surface area contributed by atoms with Crippen molar-refractivity contribution < 1.29 is 13.6 Å². The zero-order valence-electron chi connectivity index (χ0n) is 15.7. The van der Waals surface area contributed by atoms with Gasteiger partial charge >= 0.3 is 0 Å². The summed E-state index contributed by atoms with van der Waals surface area (Å²) in [6.45, 7) is 6.12. The van der Waals surface area contributed by atoms with Crippen molar-refractivity contribution in [2.75, 3.05) is 11.9 Å². The number of benzene rings is 2. The van der Waals surface area contributed by atoms with Crippen LogP contribution in [0.15, 0.2) is 47.6 Å². The summed E-state index contributed by atoms with van der Waals surface area (Å²) in [6.07, 6.45) is 3.40. The molecule has 140 valence electrons. The minimum Gasteiger partial charge on any atom is -0.365 e. The van der Waals surface area contributed by atoms with Gasteiger partial charge in [0.1, 0.15) is 11.6 Å². The van der Waals surface area contributed by atoms with Gasteiger partial charge in [-0.25, -0.2) is 14.2 Å². The number of hydrogen-bond acceptors (Lipinski definition) is 3. The summed E-state index contributed by atoms with van der Waals surface area (Å²) in [7, 11) is 1.93. The SMILES string of the molecule is CC1=CC(C)(C)N(C)c2cc(F)c(/C=N\NC(=O)c3ccc(F)cc3)cc21. The molecule has 0 spiro atoms. The Morgan fingerprint density at radius 1 is 1.19 bits per heavy atom. The van der Waals surface area contributed by atoms with Crippen LogP contribution in [0.25, 0.3) is 5.57 Å². The van der Waals surface area contributed by atoms with E-state index in [0.717, 1.165) is 16.8 Å². The highest BCUT2D eigenvalue weighted by molar-refractivity contribution is 5.95. The van der Waals surface area contributed by atoms with Gasteiger partial charge in [0.15, 0.2) is 0 Å². The Morgan fingerprint density at radius 3 is 2.52 bits per heavy atom. The maximum Gasteiger partial charge on any atom is 0.271 e. The van der Waals surface area contributed by atoms with Crippen LogP contribution in [0.3, 0.4) is 0 Å². The lowest BCUT2D eigenvalue weighted by Gasteiger charge is -2.40. The number of amides is 1. The van der Waals surface area contributed by atoms with Gasteiger partial charge in [0, 0.05) is 29.4 Å². The van der Waals surface area contributed by atoms with Crippen molar-refractivity contribution in [2.45, 2.75) is 26.3 Å². The Hall–Kier alpha value is -3.02. The van der Waals surface area contributed by atoms with Crippen molar-refractivity contribution in [2.24, 2.45) is 5.10 Å². The number of fused-ring (bicyclic) bond motifs is 1. The number of halogens is 2. The van der Waals surface area contributed by atoms with Gasteiger partial charge < -0.3 is 4.90 Å². The minimum absolute atomic E-state index is 0.206. The van der Waals surface area contributed by atoms with E-state index in [1.165, 1.54) is 36.5 Å². The van der Waals surface area contributed by atoms with Gasteiger partial charge in [0.25, 0.3) is 5.91 Å². The van der Waals surface area contributed by atoms with E-state index in [1.54, 1.807) is 6.07 Å². The molecule has 27 heavy (non-hydrogen) atoms. The molecule has 0 fully saturated rings. The van der Waals surface area contributed by atoms with E-state index in [4.69, 9.17) is 0 Å². The van der Waals surface area contributed by atoms with Crippen LogP contribution in [-0.2, 0) is 0 Å². The Balaban J connectivity index is 1.82. The number of carbonyl (C=O) groups is 1. The van der Waals surface area contributed by atoms with E-state index >= 15 is 0 Å². The first kappa shape index (κ1) is 18.8. The number of allylic oxidation sites excluding steroid dienone is 1. The molecule has 2 aromatic carbocycles. The second-order valence-corrected chi connectivity index (χ2v) is 7.14. The number of rotatable bonds is 3. The largest absolute Gasteiger partial charge is 0.365 e. The molecule has 0 radical (unpaired) electrons. The zero-order chi connectivity index (χ0) is 19.8. The molecule has 0 aromatic heterocycles. The van der Waals surface area contributed by atoms with Crippen molar-refractivity contribution in [1.82, 2.24) is 5.43 Å². The molecule has 0 atom stereocenters. The quantitative estimate of drug-likeness (QED) is 0.645. The van der Waals surface area contributed by atoms with Gasteiger partial charge in [0.05, 0.1) is 11.8 Å². The maximum atomic E-state index is 14.5. The standard InChI is InChI=1S/C21H21F2N3O/c1-13-11-21(2,3)26(4)19-10-18(23)15(9-17(13)19)12-24-25-20(27)14-5-7-16(22)8-6-14/h5-12H,1-4H3,(H,25,27)/b24-12-. The van der Waals surface area contributed by atoms with E-state index < -0.39 is 17.5 Å². The predicted octanol–water partition coefficient (Wildman–Crippen LogP) is 4.36. The summed E-state index contributed by atoms with van der Waals surface area (Å²) >= 11 is 0. The molecule has 1 N–H and O–H groups in total. The minimum atomic E-state index is -0.498. The lowest BCUT2D eigenvalue weighted by Crippen LogP contribution is -2.42. The predicted molar refractivity (Wildman–Crippen MR) is 104 cm³/mol. The molecule has 4 nitrogen and oxygen atoms in total. The summed E-state index contributed by atoms with van der Waals surface area (Å²) in [5, 5.41) is 3.83. The molecule has 6 heteroatoms. The van der Waals surface area contributed by atoms with E-state index in [9.17, 15) is 13.6 Å². The molecule has 0 saturated carbocycles. The molecule has 1 amide bonds. The van der Waals surface area contributed by atoms with E-state index in [2.05, 4.69) is 30.5 Å². The maximum absolute atomic E-state index is 14.5. The first-order valence-electron chi connectivity index (χ1n) is 8.55. The fourth-order valence-electron chi connectivity index (χ4n) is 3.11. The van der Waals surface area contributed by atoms with Gasteiger partial charge in [-0.2, -0.15) is 5.10 Å². The third-order valence-corrected chi connectivity index (χ3v) is 4.81. The molecule has 3 rings (SSSR count). The molecule has 2 aromatic rings. The van der Waals surface area contributed by atoms with Crippen molar-refractivity contribution in [1.29, 1.82) is 0 Å². The molecule has 1 aliphatic rings. The lowest BCUT2D eigenvalue weighted by atomic mass is 9.88. The number of anilines is 1. The average molecular weight is 369 g/mol. The number of carbonyl (C=O) groups excluding carboxylic acids is 1. The van der Waals surface area contributed by atoms with Crippen LogP contribution in [0.1, 0.15) is 42.3 Å². The van der Waals surface area contributed by atoms with Crippen LogP contribution in [-0.4, -0.2) is 24.7 Å². The van der Waals surface area contributed by atoms with Crippen LogP contribution in [0.2, 0.25) is 0 Å². The van der Waals surface area contributed by atoms with Crippen molar-refractivity contribution in [3.8, 4) is 0 Å². The number of hydrogen-bond donors (Lipinski definition) is 1. The highest BCUT2D eigenvalue weighted by Gasteiger charge is 2.29. The third-order valence-electron chi connectivity index (χ3n) is 4.81. The van der Waals surface area contributed by atoms with Gasteiger partial charge in [-0.3, -0.25) is 4.79 Å². The number of likely N-dealkylation sites (N-methyl/N-ethyl adjacent to an activating group) is 1. The van der Waals surface area contributed by atoms with Crippen molar-refractivity contribution >= 4 is 23.4 Å². The topological polar surface area (TPSA) is 44.7 Å². The summed E-state index contributed by atoms with van der Waals surface area (Å²) in [4.78, 5) is 14.0. The second-order valence-electron chi connectivity index (χ2n) is 7.14. The smallest absolute Gasteiger partial charge is 0.271 e. The molecule has 1 aliphatic heterocycles. The highest BCUT2D eigenvalue weighted by atomic mass is 19.1. The molecule has 0 bridgehead atoms. The van der Waals surface area contributed by atoms with Gasteiger partial charge in [0.2, 0.25) is 0 Å².